The maximum Gasteiger partial charge on any atom is 0.274 e. The average molecular weight is 288 g/mol. The SMILES string of the molecule is CN1CCC(N(C)C(=O)c2cn3cccc(O)c3n2)CC1. The van der Waals surface area contributed by atoms with Crippen LogP contribution in [0, 0.1) is 0 Å². The second kappa shape index (κ2) is 5.37. The summed E-state index contributed by atoms with van der Waals surface area (Å²) >= 11 is 0. The van der Waals surface area contributed by atoms with E-state index in [0.29, 0.717) is 11.3 Å². The first-order valence-corrected chi connectivity index (χ1v) is 7.18. The van der Waals surface area contributed by atoms with Crippen LogP contribution in [0.3, 0.4) is 0 Å². The van der Waals surface area contributed by atoms with E-state index in [1.54, 1.807) is 33.8 Å². The van der Waals surface area contributed by atoms with Gasteiger partial charge in [0, 0.05) is 25.5 Å². The van der Waals surface area contributed by atoms with Gasteiger partial charge in [-0.1, -0.05) is 0 Å². The van der Waals surface area contributed by atoms with Crippen LogP contribution < -0.4 is 0 Å². The number of carbonyl (C=O) groups excluding carboxylic acids is 1. The van der Waals surface area contributed by atoms with Crippen LogP contribution in [0.5, 0.6) is 5.75 Å². The standard InChI is InChI=1S/C15H20N4O2/c1-17-8-5-11(6-9-17)18(2)15(21)12-10-19-7-3-4-13(20)14(19)16-12/h3-4,7,10-11,20H,5-6,8-9H2,1-2H3. The van der Waals surface area contributed by atoms with E-state index in [9.17, 15) is 9.90 Å². The zero-order valence-corrected chi connectivity index (χ0v) is 12.4. The fraction of sp³-hybridized carbons (Fsp3) is 0.467. The lowest BCUT2D eigenvalue weighted by Gasteiger charge is -2.34. The van der Waals surface area contributed by atoms with Gasteiger partial charge in [0.25, 0.3) is 5.91 Å². The number of hydrogen-bond acceptors (Lipinski definition) is 4. The monoisotopic (exact) mass is 288 g/mol. The number of aromatic nitrogens is 2. The Morgan fingerprint density at radius 2 is 2.14 bits per heavy atom. The van der Waals surface area contributed by atoms with Gasteiger partial charge in [-0.15, -0.1) is 0 Å². The number of likely N-dealkylation sites (tertiary alicyclic amines) is 1. The first-order chi connectivity index (χ1) is 10.1. The fourth-order valence-corrected chi connectivity index (χ4v) is 2.83. The third-order valence-corrected chi connectivity index (χ3v) is 4.24. The number of imidazole rings is 1. The highest BCUT2D eigenvalue weighted by Crippen LogP contribution is 2.20. The third kappa shape index (κ3) is 2.58. The summed E-state index contributed by atoms with van der Waals surface area (Å²) in [7, 11) is 3.94. The van der Waals surface area contributed by atoms with Crippen molar-refractivity contribution in [1.82, 2.24) is 19.2 Å². The molecule has 0 aliphatic carbocycles. The van der Waals surface area contributed by atoms with Gasteiger partial charge >= 0.3 is 0 Å². The first kappa shape index (κ1) is 13.9. The van der Waals surface area contributed by atoms with Crippen molar-refractivity contribution in [3.05, 3.63) is 30.2 Å². The molecule has 0 saturated carbocycles. The average Bonchev–Trinajstić information content (AvgIpc) is 2.92. The van der Waals surface area contributed by atoms with E-state index in [1.165, 1.54) is 0 Å². The Labute approximate surface area is 123 Å². The summed E-state index contributed by atoms with van der Waals surface area (Å²) in [6, 6.07) is 3.54. The van der Waals surface area contributed by atoms with Gasteiger partial charge in [-0.3, -0.25) is 4.79 Å². The van der Waals surface area contributed by atoms with Crippen LogP contribution in [0.1, 0.15) is 23.3 Å². The van der Waals surface area contributed by atoms with E-state index in [1.807, 2.05) is 7.05 Å². The molecule has 0 unspecified atom stereocenters. The Morgan fingerprint density at radius 3 is 2.81 bits per heavy atom. The summed E-state index contributed by atoms with van der Waals surface area (Å²) in [5.41, 5.74) is 0.788. The molecule has 2 aromatic heterocycles. The molecule has 1 amide bonds. The summed E-state index contributed by atoms with van der Waals surface area (Å²) in [5, 5.41) is 9.77. The molecule has 0 spiro atoms. The number of amides is 1. The molecule has 6 heteroatoms. The fourth-order valence-electron chi connectivity index (χ4n) is 2.83. The molecule has 0 bridgehead atoms. The number of rotatable bonds is 2. The smallest absolute Gasteiger partial charge is 0.274 e. The zero-order valence-electron chi connectivity index (χ0n) is 12.4. The molecule has 1 saturated heterocycles. The van der Waals surface area contributed by atoms with Crippen molar-refractivity contribution in [2.24, 2.45) is 0 Å². The molecule has 1 aliphatic heterocycles. The van der Waals surface area contributed by atoms with Gasteiger partial charge in [-0.2, -0.15) is 0 Å². The summed E-state index contributed by atoms with van der Waals surface area (Å²) < 4.78 is 1.67. The van der Waals surface area contributed by atoms with E-state index in [2.05, 4.69) is 16.9 Å². The minimum Gasteiger partial charge on any atom is -0.504 e. The molecule has 0 radical (unpaired) electrons. The predicted octanol–water partition coefficient (Wildman–Crippen LogP) is 1.21. The first-order valence-electron chi connectivity index (χ1n) is 7.18. The molecule has 1 N–H and O–H groups in total. The molecule has 112 valence electrons. The largest absolute Gasteiger partial charge is 0.504 e. The van der Waals surface area contributed by atoms with E-state index in [-0.39, 0.29) is 17.7 Å². The van der Waals surface area contributed by atoms with Crippen molar-refractivity contribution in [1.29, 1.82) is 0 Å². The highest BCUT2D eigenvalue weighted by atomic mass is 16.3. The lowest BCUT2D eigenvalue weighted by atomic mass is 10.0. The van der Waals surface area contributed by atoms with E-state index < -0.39 is 0 Å². The minimum absolute atomic E-state index is 0.0819. The number of pyridine rings is 1. The normalized spacial score (nSPS) is 17.2. The predicted molar refractivity (Wildman–Crippen MR) is 79.5 cm³/mol. The Balaban J connectivity index is 1.81. The highest BCUT2D eigenvalue weighted by Gasteiger charge is 2.26. The molecule has 0 aromatic carbocycles. The van der Waals surface area contributed by atoms with Crippen LogP contribution in [-0.2, 0) is 0 Å². The van der Waals surface area contributed by atoms with Crippen LogP contribution in [0.15, 0.2) is 24.5 Å². The molecule has 21 heavy (non-hydrogen) atoms. The quantitative estimate of drug-likeness (QED) is 0.902. The summed E-state index contributed by atoms with van der Waals surface area (Å²) in [6.45, 7) is 2.02. The highest BCUT2D eigenvalue weighted by molar-refractivity contribution is 5.93. The number of carbonyl (C=O) groups is 1. The summed E-state index contributed by atoms with van der Waals surface area (Å²) in [4.78, 5) is 20.9. The Hall–Kier alpha value is -2.08. The van der Waals surface area contributed by atoms with Gasteiger partial charge in [-0.05, 0) is 45.1 Å². The number of piperidine rings is 1. The molecular formula is C15H20N4O2. The van der Waals surface area contributed by atoms with Crippen molar-refractivity contribution in [2.45, 2.75) is 18.9 Å². The van der Waals surface area contributed by atoms with Gasteiger partial charge < -0.3 is 19.3 Å². The van der Waals surface area contributed by atoms with Crippen LogP contribution in [0.2, 0.25) is 0 Å². The van der Waals surface area contributed by atoms with Crippen molar-refractivity contribution in [3.8, 4) is 5.75 Å². The molecule has 1 fully saturated rings. The number of fused-ring (bicyclic) bond motifs is 1. The molecule has 1 aliphatic rings. The van der Waals surface area contributed by atoms with E-state index in [0.717, 1.165) is 25.9 Å². The maximum absolute atomic E-state index is 12.6. The lowest BCUT2D eigenvalue weighted by Crippen LogP contribution is -2.44. The minimum atomic E-state index is -0.0901. The van der Waals surface area contributed by atoms with Crippen molar-refractivity contribution < 1.29 is 9.90 Å². The van der Waals surface area contributed by atoms with Crippen molar-refractivity contribution in [2.75, 3.05) is 27.2 Å². The van der Waals surface area contributed by atoms with Gasteiger partial charge in [-0.25, -0.2) is 4.98 Å². The molecular weight excluding hydrogens is 268 g/mol. The van der Waals surface area contributed by atoms with E-state index in [4.69, 9.17) is 0 Å². The van der Waals surface area contributed by atoms with Crippen LogP contribution in [0.4, 0.5) is 0 Å². The molecule has 3 rings (SSSR count). The van der Waals surface area contributed by atoms with Gasteiger partial charge in [0.2, 0.25) is 0 Å². The Kier molecular flexibility index (Phi) is 3.55. The van der Waals surface area contributed by atoms with Crippen molar-refractivity contribution >= 4 is 11.6 Å². The maximum atomic E-state index is 12.6. The van der Waals surface area contributed by atoms with Gasteiger partial charge in [0.1, 0.15) is 5.69 Å². The van der Waals surface area contributed by atoms with Crippen molar-refractivity contribution in [3.63, 3.8) is 0 Å². The number of hydrogen-bond donors (Lipinski definition) is 1. The van der Waals surface area contributed by atoms with Gasteiger partial charge in [0.15, 0.2) is 11.4 Å². The van der Waals surface area contributed by atoms with E-state index >= 15 is 0 Å². The van der Waals surface area contributed by atoms with Gasteiger partial charge in [0.05, 0.1) is 0 Å². The number of nitrogens with zero attached hydrogens (tertiary/aromatic N) is 4. The molecule has 6 nitrogen and oxygen atoms in total. The van der Waals surface area contributed by atoms with Crippen LogP contribution in [0.25, 0.3) is 5.65 Å². The Bertz CT molecular complexity index is 659. The zero-order chi connectivity index (χ0) is 15.0. The second-order valence-electron chi connectivity index (χ2n) is 5.70. The molecule has 0 atom stereocenters. The number of aromatic hydroxyl groups is 1. The Morgan fingerprint density at radius 1 is 1.43 bits per heavy atom. The molecule has 2 aromatic rings. The van der Waals surface area contributed by atoms with Crippen LogP contribution >= 0.6 is 0 Å². The summed E-state index contributed by atoms with van der Waals surface area (Å²) in [5.74, 6) is -0.00820. The second-order valence-corrected chi connectivity index (χ2v) is 5.70. The summed E-state index contributed by atoms with van der Waals surface area (Å²) in [6.07, 6.45) is 5.41. The lowest BCUT2D eigenvalue weighted by molar-refractivity contribution is 0.0654. The topological polar surface area (TPSA) is 61.1 Å². The molecule has 3 heterocycles. The van der Waals surface area contributed by atoms with Crippen LogP contribution in [-0.4, -0.2) is 63.4 Å². The third-order valence-electron chi connectivity index (χ3n) is 4.24.